The number of amides is 1. The second-order valence-corrected chi connectivity index (χ2v) is 6.58. The van der Waals surface area contributed by atoms with E-state index in [1.165, 1.54) is 34.0 Å². The van der Waals surface area contributed by atoms with E-state index in [2.05, 4.69) is 0 Å². The summed E-state index contributed by atoms with van der Waals surface area (Å²) in [5.74, 6) is -2.50. The van der Waals surface area contributed by atoms with Crippen molar-refractivity contribution in [2.24, 2.45) is 0 Å². The number of nitrogens with zero attached hydrogens (tertiary/aromatic N) is 3. The molecule has 1 fully saturated rings. The molecular weight excluding hydrogens is 344 g/mol. The maximum absolute atomic E-state index is 14.4. The molecule has 26 heavy (non-hydrogen) atoms. The van der Waals surface area contributed by atoms with Crippen LogP contribution < -0.4 is 10.4 Å². The molecule has 3 heterocycles. The zero-order valence-electron chi connectivity index (χ0n) is 14.0. The Balaban J connectivity index is 1.95. The molecule has 136 valence electrons. The zero-order valence-corrected chi connectivity index (χ0v) is 14.0. The zero-order chi connectivity index (χ0) is 18.6. The van der Waals surface area contributed by atoms with Crippen molar-refractivity contribution >= 4 is 5.91 Å². The molecule has 2 unspecified atom stereocenters. The minimum atomic E-state index is -0.679. The first-order chi connectivity index (χ1) is 12.4. The molecule has 0 radical (unpaired) electrons. The molecule has 6 nitrogen and oxygen atoms in total. The van der Waals surface area contributed by atoms with E-state index < -0.39 is 40.9 Å². The SMILES string of the molecule is CN1C(=O)c2c(O)c(=O)ccn2N2C(c3c(F)cccc3F)CCCC12. The number of rotatable bonds is 1. The minimum Gasteiger partial charge on any atom is -0.502 e. The number of aromatic nitrogens is 1. The molecule has 8 heteroatoms. The maximum Gasteiger partial charge on any atom is 0.277 e. The van der Waals surface area contributed by atoms with Gasteiger partial charge in [-0.2, -0.15) is 0 Å². The number of pyridine rings is 1. The monoisotopic (exact) mass is 361 g/mol. The molecule has 0 saturated carbocycles. The van der Waals surface area contributed by atoms with Crippen LogP contribution in [-0.4, -0.2) is 33.8 Å². The summed E-state index contributed by atoms with van der Waals surface area (Å²) in [5.41, 5.74) is -0.953. The maximum atomic E-state index is 14.4. The van der Waals surface area contributed by atoms with Gasteiger partial charge in [0, 0.05) is 24.9 Å². The highest BCUT2D eigenvalue weighted by Gasteiger charge is 2.44. The van der Waals surface area contributed by atoms with Gasteiger partial charge in [-0.3, -0.25) is 19.3 Å². The summed E-state index contributed by atoms with van der Waals surface area (Å²) >= 11 is 0. The fourth-order valence-electron chi connectivity index (χ4n) is 3.95. The fourth-order valence-corrected chi connectivity index (χ4v) is 3.95. The van der Waals surface area contributed by atoms with Gasteiger partial charge in [0.1, 0.15) is 17.8 Å². The van der Waals surface area contributed by atoms with E-state index >= 15 is 0 Å². The van der Waals surface area contributed by atoms with Gasteiger partial charge in [-0.05, 0) is 31.4 Å². The lowest BCUT2D eigenvalue weighted by molar-refractivity contribution is 0.0550. The van der Waals surface area contributed by atoms with Gasteiger partial charge < -0.3 is 10.0 Å². The highest BCUT2D eigenvalue weighted by Crippen LogP contribution is 2.39. The van der Waals surface area contributed by atoms with Gasteiger partial charge in [0.25, 0.3) is 5.91 Å². The van der Waals surface area contributed by atoms with Crippen LogP contribution in [0.3, 0.4) is 0 Å². The average Bonchev–Trinajstić information content (AvgIpc) is 2.62. The lowest BCUT2D eigenvalue weighted by Gasteiger charge is -2.51. The van der Waals surface area contributed by atoms with E-state index in [9.17, 15) is 23.5 Å². The number of benzene rings is 1. The van der Waals surface area contributed by atoms with E-state index in [4.69, 9.17) is 0 Å². The van der Waals surface area contributed by atoms with E-state index in [0.29, 0.717) is 19.3 Å². The highest BCUT2D eigenvalue weighted by atomic mass is 19.1. The smallest absolute Gasteiger partial charge is 0.277 e. The molecule has 1 saturated heterocycles. The number of carbonyl (C=O) groups is 1. The predicted molar refractivity (Wildman–Crippen MR) is 89.4 cm³/mol. The minimum absolute atomic E-state index is 0.0795. The van der Waals surface area contributed by atoms with Crippen LogP contribution in [0, 0.1) is 11.6 Å². The molecule has 2 aliphatic rings. The topological polar surface area (TPSA) is 65.8 Å². The first-order valence-corrected chi connectivity index (χ1v) is 8.36. The molecular formula is C18H17F2N3O3. The van der Waals surface area contributed by atoms with Crippen molar-refractivity contribution in [3.63, 3.8) is 0 Å². The van der Waals surface area contributed by atoms with E-state index in [1.54, 1.807) is 12.1 Å². The van der Waals surface area contributed by atoms with Crippen LogP contribution in [0.15, 0.2) is 35.3 Å². The fraction of sp³-hybridized carbons (Fsp3) is 0.333. The van der Waals surface area contributed by atoms with Crippen molar-refractivity contribution in [3.8, 4) is 5.75 Å². The third-order valence-electron chi connectivity index (χ3n) is 5.17. The number of fused-ring (bicyclic) bond motifs is 3. The third kappa shape index (κ3) is 2.21. The van der Waals surface area contributed by atoms with Gasteiger partial charge in [0.05, 0.1) is 6.04 Å². The molecule has 4 rings (SSSR count). The largest absolute Gasteiger partial charge is 0.502 e. The molecule has 1 N–H and O–H groups in total. The Kier molecular flexibility index (Phi) is 3.71. The summed E-state index contributed by atoms with van der Waals surface area (Å²) < 4.78 is 30.2. The van der Waals surface area contributed by atoms with Crippen molar-refractivity contribution in [2.45, 2.75) is 31.5 Å². The van der Waals surface area contributed by atoms with Gasteiger partial charge in [-0.25, -0.2) is 8.78 Å². The molecule has 0 bridgehead atoms. The number of hydrogen-bond acceptors (Lipinski definition) is 4. The lowest BCUT2D eigenvalue weighted by Crippen LogP contribution is -2.62. The van der Waals surface area contributed by atoms with Crippen LogP contribution in [0.2, 0.25) is 0 Å². The van der Waals surface area contributed by atoms with Crippen molar-refractivity contribution in [2.75, 3.05) is 12.1 Å². The van der Waals surface area contributed by atoms with Gasteiger partial charge in [0.2, 0.25) is 5.43 Å². The Morgan fingerprint density at radius 2 is 1.81 bits per heavy atom. The number of carbonyl (C=O) groups excluding carboxylic acids is 1. The van der Waals surface area contributed by atoms with Gasteiger partial charge in [0.15, 0.2) is 11.4 Å². The van der Waals surface area contributed by atoms with Crippen LogP contribution in [0.25, 0.3) is 0 Å². The standard InChI is InChI=1S/C18H17F2N3O3/c1-21-14-7-3-6-12(15-10(19)4-2-5-11(15)20)23(14)22-9-8-13(24)17(25)16(22)18(21)26/h2,4-5,8-9,12,14,25H,3,6-7H2,1H3. The molecule has 1 aromatic heterocycles. The van der Waals surface area contributed by atoms with Gasteiger partial charge >= 0.3 is 0 Å². The van der Waals surface area contributed by atoms with E-state index in [0.717, 1.165) is 6.07 Å². The molecule has 2 atom stereocenters. The average molecular weight is 361 g/mol. The number of hydrogen-bond donors (Lipinski definition) is 1. The van der Waals surface area contributed by atoms with Gasteiger partial charge in [-0.1, -0.05) is 6.07 Å². The summed E-state index contributed by atoms with van der Waals surface area (Å²) in [6, 6.07) is 4.16. The Labute approximate surface area is 147 Å². The summed E-state index contributed by atoms with van der Waals surface area (Å²) in [7, 11) is 1.56. The number of aromatic hydroxyl groups is 1. The van der Waals surface area contributed by atoms with Crippen LogP contribution >= 0.6 is 0 Å². The first kappa shape index (κ1) is 16.6. The van der Waals surface area contributed by atoms with Crippen molar-refractivity contribution in [3.05, 3.63) is 63.6 Å². The van der Waals surface area contributed by atoms with Crippen LogP contribution in [0.1, 0.15) is 41.4 Å². The highest BCUT2D eigenvalue weighted by molar-refractivity contribution is 5.96. The summed E-state index contributed by atoms with van der Waals surface area (Å²) in [4.78, 5) is 25.8. The third-order valence-corrected chi connectivity index (χ3v) is 5.17. The quantitative estimate of drug-likeness (QED) is 0.845. The Morgan fingerprint density at radius 1 is 1.12 bits per heavy atom. The Bertz CT molecular complexity index is 939. The summed E-state index contributed by atoms with van der Waals surface area (Å²) in [5, 5.41) is 11.8. The van der Waals surface area contributed by atoms with Crippen molar-refractivity contribution in [1.82, 2.24) is 9.58 Å². The second-order valence-electron chi connectivity index (χ2n) is 6.58. The molecule has 2 aromatic rings. The first-order valence-electron chi connectivity index (χ1n) is 8.36. The Hall–Kier alpha value is -2.90. The lowest BCUT2D eigenvalue weighted by atomic mass is 9.93. The van der Waals surface area contributed by atoms with Crippen LogP contribution in [-0.2, 0) is 0 Å². The summed E-state index contributed by atoms with van der Waals surface area (Å²) in [6.45, 7) is 0. The van der Waals surface area contributed by atoms with Crippen LogP contribution in [0.4, 0.5) is 8.78 Å². The normalized spacial score (nSPS) is 22.2. The molecule has 0 aliphatic carbocycles. The van der Waals surface area contributed by atoms with Crippen molar-refractivity contribution < 1.29 is 18.7 Å². The molecule has 0 spiro atoms. The second kappa shape index (κ2) is 5.82. The predicted octanol–water partition coefficient (Wildman–Crippen LogP) is 2.11. The number of halogens is 2. The Morgan fingerprint density at radius 3 is 2.50 bits per heavy atom. The van der Waals surface area contributed by atoms with E-state index in [1.807, 2.05) is 0 Å². The van der Waals surface area contributed by atoms with E-state index in [-0.39, 0.29) is 11.3 Å². The molecule has 1 amide bonds. The van der Waals surface area contributed by atoms with Crippen molar-refractivity contribution in [1.29, 1.82) is 0 Å². The molecule has 1 aromatic carbocycles. The molecule has 2 aliphatic heterocycles. The summed E-state index contributed by atoms with van der Waals surface area (Å²) in [6.07, 6.45) is 2.70. The van der Waals surface area contributed by atoms with Gasteiger partial charge in [-0.15, -0.1) is 0 Å². The van der Waals surface area contributed by atoms with Crippen LogP contribution in [0.5, 0.6) is 5.75 Å². The number of piperidine rings is 1.